The Kier molecular flexibility index (Phi) is 5.67. The lowest BCUT2D eigenvalue weighted by Crippen LogP contribution is -2.11. The van der Waals surface area contributed by atoms with Gasteiger partial charge in [-0.15, -0.1) is 12.4 Å². The minimum atomic E-state index is 0. The van der Waals surface area contributed by atoms with Gasteiger partial charge in [-0.2, -0.15) is 0 Å². The molecule has 0 spiro atoms. The molecule has 0 radical (unpaired) electrons. The molecule has 74 valence electrons. The molecule has 2 N–H and O–H groups in total. The third kappa shape index (κ3) is 3.75. The highest BCUT2D eigenvalue weighted by molar-refractivity contribution is 5.85. The molecule has 0 aliphatic rings. The van der Waals surface area contributed by atoms with Gasteiger partial charge in [0, 0.05) is 11.7 Å². The van der Waals surface area contributed by atoms with E-state index in [1.165, 1.54) is 0 Å². The topological polar surface area (TPSA) is 38.9 Å². The zero-order valence-electron chi connectivity index (χ0n) is 8.16. The lowest BCUT2D eigenvalue weighted by atomic mass is 10.1. The molecule has 0 aliphatic carbocycles. The van der Waals surface area contributed by atoms with Crippen molar-refractivity contribution in [3.8, 4) is 0 Å². The molecular weight excluding hydrogens is 184 g/mol. The first kappa shape index (κ1) is 12.4. The first-order valence-electron chi connectivity index (χ1n) is 4.43. The molecule has 1 aromatic heterocycles. The fourth-order valence-corrected chi connectivity index (χ4v) is 1.23. The predicted octanol–water partition coefficient (Wildman–Crippen LogP) is 2.61. The maximum absolute atomic E-state index is 5.91. The van der Waals surface area contributed by atoms with Crippen LogP contribution in [-0.2, 0) is 0 Å². The Hall–Kier alpha value is -0.600. The monoisotopic (exact) mass is 200 g/mol. The number of hydrogen-bond acceptors (Lipinski definition) is 2. The Bertz CT molecular complexity index is 250. The van der Waals surface area contributed by atoms with Gasteiger partial charge in [-0.05, 0) is 25.5 Å². The van der Waals surface area contributed by atoms with E-state index in [1.807, 2.05) is 25.1 Å². The highest BCUT2D eigenvalue weighted by atomic mass is 35.5. The van der Waals surface area contributed by atoms with E-state index in [1.54, 1.807) is 0 Å². The van der Waals surface area contributed by atoms with E-state index < -0.39 is 0 Å². The molecule has 0 fully saturated rings. The van der Waals surface area contributed by atoms with Gasteiger partial charge in [0.1, 0.15) is 0 Å². The minimum absolute atomic E-state index is 0. The Balaban J connectivity index is 0.00000144. The largest absolute Gasteiger partial charge is 0.323 e. The third-order valence-corrected chi connectivity index (χ3v) is 1.89. The summed E-state index contributed by atoms with van der Waals surface area (Å²) in [6.07, 6.45) is 2.12. The summed E-state index contributed by atoms with van der Waals surface area (Å²) in [6.45, 7) is 4.12. The molecule has 0 bridgehead atoms. The van der Waals surface area contributed by atoms with Crippen LogP contribution < -0.4 is 5.73 Å². The third-order valence-electron chi connectivity index (χ3n) is 1.89. The van der Waals surface area contributed by atoms with Gasteiger partial charge in [-0.25, -0.2) is 0 Å². The van der Waals surface area contributed by atoms with E-state index in [0.717, 1.165) is 24.2 Å². The van der Waals surface area contributed by atoms with E-state index in [9.17, 15) is 0 Å². The maximum atomic E-state index is 5.91. The molecule has 1 rings (SSSR count). The first-order chi connectivity index (χ1) is 5.74. The minimum Gasteiger partial charge on any atom is -0.323 e. The van der Waals surface area contributed by atoms with E-state index in [4.69, 9.17) is 5.73 Å². The molecule has 0 unspecified atom stereocenters. The first-order valence-corrected chi connectivity index (χ1v) is 4.43. The summed E-state index contributed by atoms with van der Waals surface area (Å²) in [5.74, 6) is 0. The fraction of sp³-hybridized carbons (Fsp3) is 0.500. The van der Waals surface area contributed by atoms with Crippen LogP contribution in [0.2, 0.25) is 0 Å². The average Bonchev–Trinajstić information content (AvgIpc) is 2.05. The van der Waals surface area contributed by atoms with Crippen LogP contribution in [0.4, 0.5) is 0 Å². The zero-order valence-corrected chi connectivity index (χ0v) is 8.97. The number of pyridine rings is 1. The second-order valence-corrected chi connectivity index (χ2v) is 3.10. The predicted molar refractivity (Wildman–Crippen MR) is 58.1 cm³/mol. The van der Waals surface area contributed by atoms with E-state index in [-0.39, 0.29) is 18.4 Å². The molecule has 0 saturated heterocycles. The van der Waals surface area contributed by atoms with Crippen LogP contribution in [0.5, 0.6) is 0 Å². The van der Waals surface area contributed by atoms with Gasteiger partial charge >= 0.3 is 0 Å². The van der Waals surface area contributed by atoms with Crippen molar-refractivity contribution in [1.29, 1.82) is 0 Å². The molecule has 0 amide bonds. The number of nitrogens with two attached hydrogens (primary N) is 1. The highest BCUT2D eigenvalue weighted by Gasteiger charge is 2.04. The van der Waals surface area contributed by atoms with Crippen molar-refractivity contribution in [1.82, 2.24) is 4.98 Å². The second kappa shape index (κ2) is 5.95. The van der Waals surface area contributed by atoms with Crippen molar-refractivity contribution in [3.05, 3.63) is 29.6 Å². The average molecular weight is 201 g/mol. The van der Waals surface area contributed by atoms with Crippen LogP contribution in [-0.4, -0.2) is 4.98 Å². The number of hydrogen-bond donors (Lipinski definition) is 1. The molecule has 2 nitrogen and oxygen atoms in total. The number of aryl methyl sites for hydroxylation is 1. The molecule has 1 heterocycles. The molecular formula is C10H17ClN2. The van der Waals surface area contributed by atoms with Gasteiger partial charge in [0.05, 0.1) is 5.69 Å². The van der Waals surface area contributed by atoms with Crippen molar-refractivity contribution >= 4 is 12.4 Å². The van der Waals surface area contributed by atoms with Crippen molar-refractivity contribution in [2.24, 2.45) is 5.73 Å². The standard InChI is InChI=1S/C10H16N2.ClH/c1-3-5-9(11)10-7-4-6-8(2)12-10;/h4,6-7,9H,3,5,11H2,1-2H3;1H/t9-;/m0./s1. The smallest absolute Gasteiger partial charge is 0.0574 e. The Morgan fingerprint density at radius 3 is 2.69 bits per heavy atom. The number of aromatic nitrogens is 1. The van der Waals surface area contributed by atoms with Crippen LogP contribution in [0.15, 0.2) is 18.2 Å². The number of nitrogens with zero attached hydrogens (tertiary/aromatic N) is 1. The summed E-state index contributed by atoms with van der Waals surface area (Å²) in [7, 11) is 0. The van der Waals surface area contributed by atoms with Crippen LogP contribution in [0.1, 0.15) is 37.2 Å². The fourth-order valence-electron chi connectivity index (χ4n) is 1.23. The van der Waals surface area contributed by atoms with Gasteiger partial charge in [0.2, 0.25) is 0 Å². The van der Waals surface area contributed by atoms with Crippen molar-refractivity contribution in [3.63, 3.8) is 0 Å². The summed E-state index contributed by atoms with van der Waals surface area (Å²) in [5.41, 5.74) is 7.96. The van der Waals surface area contributed by atoms with Crippen LogP contribution in [0, 0.1) is 6.92 Å². The Morgan fingerprint density at radius 2 is 2.15 bits per heavy atom. The van der Waals surface area contributed by atoms with Crippen LogP contribution in [0.3, 0.4) is 0 Å². The van der Waals surface area contributed by atoms with Crippen LogP contribution >= 0.6 is 12.4 Å². The molecule has 0 aliphatic heterocycles. The van der Waals surface area contributed by atoms with Crippen molar-refractivity contribution in [2.75, 3.05) is 0 Å². The van der Waals surface area contributed by atoms with Gasteiger partial charge in [0.25, 0.3) is 0 Å². The van der Waals surface area contributed by atoms with E-state index in [2.05, 4.69) is 11.9 Å². The quantitative estimate of drug-likeness (QED) is 0.815. The van der Waals surface area contributed by atoms with Gasteiger partial charge in [-0.1, -0.05) is 19.4 Å². The van der Waals surface area contributed by atoms with Crippen LogP contribution in [0.25, 0.3) is 0 Å². The second-order valence-electron chi connectivity index (χ2n) is 3.10. The highest BCUT2D eigenvalue weighted by Crippen LogP contribution is 2.12. The van der Waals surface area contributed by atoms with E-state index >= 15 is 0 Å². The summed E-state index contributed by atoms with van der Waals surface area (Å²) < 4.78 is 0. The Morgan fingerprint density at radius 1 is 1.46 bits per heavy atom. The lowest BCUT2D eigenvalue weighted by molar-refractivity contribution is 0.620. The normalized spacial score (nSPS) is 11.9. The molecule has 0 aromatic carbocycles. The van der Waals surface area contributed by atoms with Gasteiger partial charge < -0.3 is 5.73 Å². The number of halogens is 1. The SMILES string of the molecule is CCC[C@H](N)c1cccc(C)n1.Cl. The molecule has 0 saturated carbocycles. The zero-order chi connectivity index (χ0) is 8.97. The summed E-state index contributed by atoms with van der Waals surface area (Å²) in [5, 5.41) is 0. The molecule has 13 heavy (non-hydrogen) atoms. The van der Waals surface area contributed by atoms with Gasteiger partial charge in [-0.3, -0.25) is 4.98 Å². The molecule has 1 atom stereocenters. The molecule has 3 heteroatoms. The molecule has 1 aromatic rings. The summed E-state index contributed by atoms with van der Waals surface area (Å²) in [6, 6.07) is 6.10. The lowest BCUT2D eigenvalue weighted by Gasteiger charge is -2.09. The van der Waals surface area contributed by atoms with E-state index in [0.29, 0.717) is 0 Å². The summed E-state index contributed by atoms with van der Waals surface area (Å²) >= 11 is 0. The van der Waals surface area contributed by atoms with Crippen molar-refractivity contribution in [2.45, 2.75) is 32.7 Å². The summed E-state index contributed by atoms with van der Waals surface area (Å²) in [4.78, 5) is 4.37. The maximum Gasteiger partial charge on any atom is 0.0574 e. The number of rotatable bonds is 3. The Labute approximate surface area is 86.0 Å². The van der Waals surface area contributed by atoms with Gasteiger partial charge in [0.15, 0.2) is 0 Å². The van der Waals surface area contributed by atoms with Crippen molar-refractivity contribution < 1.29 is 0 Å².